The number of aromatic nitrogens is 2. The van der Waals surface area contributed by atoms with Crippen LogP contribution in [0.3, 0.4) is 0 Å². The van der Waals surface area contributed by atoms with E-state index in [0.717, 1.165) is 5.69 Å². The van der Waals surface area contributed by atoms with E-state index in [2.05, 4.69) is 5.10 Å². The third kappa shape index (κ3) is 3.24. The van der Waals surface area contributed by atoms with Crippen LogP contribution in [0.2, 0.25) is 0 Å². The highest BCUT2D eigenvalue weighted by molar-refractivity contribution is 5.88. The zero-order chi connectivity index (χ0) is 14.4. The average molecular weight is 274 g/mol. The van der Waals surface area contributed by atoms with Gasteiger partial charge < -0.3 is 9.47 Å². The maximum Gasteiger partial charge on any atom is 0.357 e. The van der Waals surface area contributed by atoms with Crippen LogP contribution in [0.15, 0.2) is 36.4 Å². The zero-order valence-electron chi connectivity index (χ0n) is 11.7. The first-order valence-electron chi connectivity index (χ1n) is 6.65. The first-order valence-corrected chi connectivity index (χ1v) is 6.65. The Hall–Kier alpha value is -2.14. The Morgan fingerprint density at radius 1 is 1.20 bits per heavy atom. The second kappa shape index (κ2) is 6.86. The molecule has 1 heterocycles. The van der Waals surface area contributed by atoms with E-state index in [4.69, 9.17) is 9.47 Å². The number of benzene rings is 1. The Labute approximate surface area is 118 Å². The van der Waals surface area contributed by atoms with Crippen LogP contribution < -0.4 is 0 Å². The SMILES string of the molecule is CCOCc1cc(C(=O)OCC)n(-c2ccccc2)n1. The van der Waals surface area contributed by atoms with Crippen molar-refractivity contribution < 1.29 is 14.3 Å². The van der Waals surface area contributed by atoms with Gasteiger partial charge in [-0.3, -0.25) is 0 Å². The van der Waals surface area contributed by atoms with Crippen molar-refractivity contribution in [2.75, 3.05) is 13.2 Å². The highest BCUT2D eigenvalue weighted by atomic mass is 16.5. The maximum atomic E-state index is 12.0. The minimum absolute atomic E-state index is 0.333. The van der Waals surface area contributed by atoms with Gasteiger partial charge in [0.2, 0.25) is 0 Å². The normalized spacial score (nSPS) is 10.5. The van der Waals surface area contributed by atoms with Gasteiger partial charge in [0.15, 0.2) is 5.69 Å². The van der Waals surface area contributed by atoms with Gasteiger partial charge in [0.05, 0.1) is 24.6 Å². The second-order valence-electron chi connectivity index (χ2n) is 4.13. The monoisotopic (exact) mass is 274 g/mol. The molecule has 0 amide bonds. The molecule has 1 aromatic carbocycles. The molecule has 0 unspecified atom stereocenters. The van der Waals surface area contributed by atoms with Crippen molar-refractivity contribution in [2.45, 2.75) is 20.5 Å². The maximum absolute atomic E-state index is 12.0. The van der Waals surface area contributed by atoms with Crippen LogP contribution >= 0.6 is 0 Å². The number of para-hydroxylation sites is 1. The van der Waals surface area contributed by atoms with E-state index in [1.54, 1.807) is 17.7 Å². The Balaban J connectivity index is 2.37. The molecule has 0 aliphatic rings. The Morgan fingerprint density at radius 2 is 1.95 bits per heavy atom. The first-order chi connectivity index (χ1) is 9.76. The molecule has 0 fully saturated rings. The minimum Gasteiger partial charge on any atom is -0.461 e. The summed E-state index contributed by atoms with van der Waals surface area (Å²) in [6.45, 7) is 5.01. The quantitative estimate of drug-likeness (QED) is 0.760. The van der Waals surface area contributed by atoms with Crippen molar-refractivity contribution in [3.8, 4) is 5.69 Å². The average Bonchev–Trinajstić information content (AvgIpc) is 2.90. The van der Waals surface area contributed by atoms with E-state index in [1.165, 1.54) is 0 Å². The molecule has 20 heavy (non-hydrogen) atoms. The molecule has 5 nitrogen and oxygen atoms in total. The smallest absolute Gasteiger partial charge is 0.357 e. The number of nitrogens with zero attached hydrogens (tertiary/aromatic N) is 2. The highest BCUT2D eigenvalue weighted by Crippen LogP contribution is 2.14. The Bertz CT molecular complexity index is 564. The molecule has 0 saturated carbocycles. The van der Waals surface area contributed by atoms with Gasteiger partial charge >= 0.3 is 5.97 Å². The van der Waals surface area contributed by atoms with E-state index in [0.29, 0.717) is 31.2 Å². The fraction of sp³-hybridized carbons (Fsp3) is 0.333. The molecule has 0 spiro atoms. The van der Waals surface area contributed by atoms with Gasteiger partial charge in [-0.1, -0.05) is 18.2 Å². The number of esters is 1. The molecule has 0 aliphatic heterocycles. The summed E-state index contributed by atoms with van der Waals surface area (Å²) in [4.78, 5) is 12.0. The lowest BCUT2D eigenvalue weighted by Crippen LogP contribution is -2.11. The summed E-state index contributed by atoms with van der Waals surface area (Å²) >= 11 is 0. The lowest BCUT2D eigenvalue weighted by Gasteiger charge is -2.06. The van der Waals surface area contributed by atoms with Gasteiger partial charge in [0, 0.05) is 6.61 Å². The highest BCUT2D eigenvalue weighted by Gasteiger charge is 2.17. The van der Waals surface area contributed by atoms with E-state index >= 15 is 0 Å². The Morgan fingerprint density at radius 3 is 2.60 bits per heavy atom. The number of hydrogen-bond donors (Lipinski definition) is 0. The summed E-state index contributed by atoms with van der Waals surface area (Å²) in [6, 6.07) is 11.2. The van der Waals surface area contributed by atoms with Crippen LogP contribution in [0.1, 0.15) is 30.0 Å². The van der Waals surface area contributed by atoms with E-state index in [9.17, 15) is 4.79 Å². The molecular formula is C15H18N2O3. The van der Waals surface area contributed by atoms with Gasteiger partial charge in [0.25, 0.3) is 0 Å². The van der Waals surface area contributed by atoms with Crippen LogP contribution in [0.4, 0.5) is 0 Å². The summed E-state index contributed by atoms with van der Waals surface area (Å²) in [6.07, 6.45) is 0. The van der Waals surface area contributed by atoms with Crippen LogP contribution in [0.25, 0.3) is 5.69 Å². The van der Waals surface area contributed by atoms with Crippen LogP contribution in [-0.4, -0.2) is 29.0 Å². The van der Waals surface area contributed by atoms with Crippen molar-refractivity contribution in [1.82, 2.24) is 9.78 Å². The number of rotatable bonds is 6. The lowest BCUT2D eigenvalue weighted by atomic mass is 10.3. The third-order valence-electron chi connectivity index (χ3n) is 2.70. The Kier molecular flexibility index (Phi) is 4.90. The van der Waals surface area contributed by atoms with Gasteiger partial charge in [-0.25, -0.2) is 9.48 Å². The van der Waals surface area contributed by atoms with Crippen molar-refractivity contribution in [2.24, 2.45) is 0 Å². The third-order valence-corrected chi connectivity index (χ3v) is 2.70. The predicted octanol–water partition coefficient (Wildman–Crippen LogP) is 2.59. The summed E-state index contributed by atoms with van der Waals surface area (Å²) in [5.41, 5.74) is 1.94. The molecule has 1 aromatic heterocycles. The number of hydrogen-bond acceptors (Lipinski definition) is 4. The van der Waals surface area contributed by atoms with Crippen molar-refractivity contribution in [1.29, 1.82) is 0 Å². The van der Waals surface area contributed by atoms with Gasteiger partial charge in [-0.2, -0.15) is 5.10 Å². The van der Waals surface area contributed by atoms with Crippen LogP contribution in [0, 0.1) is 0 Å². The molecule has 5 heteroatoms. The molecule has 2 aromatic rings. The summed E-state index contributed by atoms with van der Waals surface area (Å²) < 4.78 is 12.0. The lowest BCUT2D eigenvalue weighted by molar-refractivity contribution is 0.0515. The second-order valence-corrected chi connectivity index (χ2v) is 4.13. The van der Waals surface area contributed by atoms with Crippen molar-refractivity contribution in [3.05, 3.63) is 47.8 Å². The minimum atomic E-state index is -0.383. The number of carbonyl (C=O) groups is 1. The molecule has 0 atom stereocenters. The van der Waals surface area contributed by atoms with Gasteiger partial charge in [-0.05, 0) is 32.0 Å². The van der Waals surface area contributed by atoms with Gasteiger partial charge in [0.1, 0.15) is 0 Å². The molecule has 0 bridgehead atoms. The molecule has 0 saturated heterocycles. The first kappa shape index (κ1) is 14.3. The number of ether oxygens (including phenoxy) is 2. The largest absolute Gasteiger partial charge is 0.461 e. The molecule has 0 radical (unpaired) electrons. The van der Waals surface area contributed by atoms with E-state index < -0.39 is 0 Å². The molecule has 0 N–H and O–H groups in total. The van der Waals surface area contributed by atoms with Gasteiger partial charge in [-0.15, -0.1) is 0 Å². The van der Waals surface area contributed by atoms with E-state index in [1.807, 2.05) is 37.3 Å². The molecular weight excluding hydrogens is 256 g/mol. The fourth-order valence-corrected chi connectivity index (χ4v) is 1.82. The summed E-state index contributed by atoms with van der Waals surface area (Å²) in [7, 11) is 0. The standard InChI is InChI=1S/C15H18N2O3/c1-3-19-11-12-10-14(15(18)20-4-2)17(16-12)13-8-6-5-7-9-13/h5-10H,3-4,11H2,1-2H3. The molecule has 106 valence electrons. The summed E-state index contributed by atoms with van der Waals surface area (Å²) in [5, 5.41) is 4.41. The number of carbonyl (C=O) groups excluding carboxylic acids is 1. The zero-order valence-corrected chi connectivity index (χ0v) is 11.7. The van der Waals surface area contributed by atoms with Crippen LogP contribution in [0.5, 0.6) is 0 Å². The fourth-order valence-electron chi connectivity index (χ4n) is 1.82. The van der Waals surface area contributed by atoms with Crippen molar-refractivity contribution >= 4 is 5.97 Å². The molecule has 0 aliphatic carbocycles. The predicted molar refractivity (Wildman–Crippen MR) is 74.9 cm³/mol. The molecule has 2 rings (SSSR count). The summed E-state index contributed by atoms with van der Waals surface area (Å²) in [5.74, 6) is -0.383. The van der Waals surface area contributed by atoms with E-state index in [-0.39, 0.29) is 5.97 Å². The van der Waals surface area contributed by atoms with Crippen molar-refractivity contribution in [3.63, 3.8) is 0 Å². The van der Waals surface area contributed by atoms with Crippen LogP contribution in [-0.2, 0) is 16.1 Å². The topological polar surface area (TPSA) is 53.4 Å².